The van der Waals surface area contributed by atoms with Crippen molar-refractivity contribution < 1.29 is 9.15 Å². The first-order valence-electron chi connectivity index (χ1n) is 10.0. The Balaban J connectivity index is 0.00000261. The number of aryl methyl sites for hydroxylation is 1. The van der Waals surface area contributed by atoms with Crippen LogP contribution in [0.4, 0.5) is 0 Å². The van der Waals surface area contributed by atoms with Crippen LogP contribution >= 0.6 is 24.0 Å². The number of hydrogen-bond acceptors (Lipinski definition) is 4. The Hall–Kier alpha value is -0.800. The fourth-order valence-corrected chi connectivity index (χ4v) is 3.92. The molecule has 1 saturated heterocycles. The highest BCUT2D eigenvalue weighted by Crippen LogP contribution is 2.24. The summed E-state index contributed by atoms with van der Waals surface area (Å²) in [7, 11) is 1.85. The molecule has 27 heavy (non-hydrogen) atoms. The van der Waals surface area contributed by atoms with Gasteiger partial charge in [-0.25, -0.2) is 0 Å². The smallest absolute Gasteiger partial charge is 0.191 e. The number of morpholine rings is 1. The molecule has 1 aliphatic heterocycles. The average molecular weight is 490 g/mol. The van der Waals surface area contributed by atoms with E-state index < -0.39 is 0 Å². The van der Waals surface area contributed by atoms with Crippen molar-refractivity contribution in [3.8, 4) is 0 Å². The lowest BCUT2D eigenvalue weighted by molar-refractivity contribution is 0.0124. The normalized spacial score (nSPS) is 25.5. The van der Waals surface area contributed by atoms with Crippen LogP contribution in [-0.2, 0) is 4.74 Å². The van der Waals surface area contributed by atoms with Gasteiger partial charge in [0, 0.05) is 32.7 Å². The monoisotopic (exact) mass is 490 g/mol. The Morgan fingerprint density at radius 3 is 2.52 bits per heavy atom. The highest BCUT2D eigenvalue weighted by Gasteiger charge is 2.26. The highest BCUT2D eigenvalue weighted by molar-refractivity contribution is 14.0. The summed E-state index contributed by atoms with van der Waals surface area (Å²) in [5, 5.41) is 7.14. The summed E-state index contributed by atoms with van der Waals surface area (Å²) in [6.45, 7) is 8.54. The zero-order valence-electron chi connectivity index (χ0n) is 16.9. The first-order chi connectivity index (χ1) is 12.7. The van der Waals surface area contributed by atoms with E-state index in [9.17, 15) is 0 Å². The van der Waals surface area contributed by atoms with Crippen LogP contribution in [0, 0.1) is 12.8 Å². The van der Waals surface area contributed by atoms with Gasteiger partial charge in [-0.3, -0.25) is 9.89 Å². The molecule has 7 heteroatoms. The summed E-state index contributed by atoms with van der Waals surface area (Å²) in [6.07, 6.45) is 5.06. The van der Waals surface area contributed by atoms with Gasteiger partial charge in [-0.05, 0) is 50.7 Å². The molecular weight excluding hydrogens is 455 g/mol. The molecule has 2 heterocycles. The van der Waals surface area contributed by atoms with Gasteiger partial charge < -0.3 is 19.8 Å². The lowest BCUT2D eigenvalue weighted by atomic mass is 9.87. The zero-order chi connectivity index (χ0) is 18.4. The molecule has 6 nitrogen and oxygen atoms in total. The van der Waals surface area contributed by atoms with Gasteiger partial charge in [0.05, 0.1) is 19.3 Å². The Morgan fingerprint density at radius 1 is 1.22 bits per heavy atom. The van der Waals surface area contributed by atoms with Crippen molar-refractivity contribution in [2.45, 2.75) is 51.6 Å². The number of hydrogen-bond donors (Lipinski definition) is 2. The third-order valence-corrected chi connectivity index (χ3v) is 5.62. The van der Waals surface area contributed by atoms with E-state index in [1.54, 1.807) is 0 Å². The third kappa shape index (κ3) is 6.64. The fourth-order valence-electron chi connectivity index (χ4n) is 3.92. The number of aliphatic imine (C=N–C) groups is 1. The van der Waals surface area contributed by atoms with E-state index in [1.807, 2.05) is 20.0 Å². The predicted octanol–water partition coefficient (Wildman–Crippen LogP) is 3.32. The molecule has 3 rings (SSSR count). The van der Waals surface area contributed by atoms with E-state index in [0.29, 0.717) is 6.04 Å². The molecule has 1 unspecified atom stereocenters. The maximum absolute atomic E-state index is 5.94. The summed E-state index contributed by atoms with van der Waals surface area (Å²) >= 11 is 0. The summed E-state index contributed by atoms with van der Waals surface area (Å²) < 4.78 is 11.5. The molecule has 1 saturated carbocycles. The van der Waals surface area contributed by atoms with Gasteiger partial charge in [0.2, 0.25) is 0 Å². The minimum Gasteiger partial charge on any atom is -0.465 e. The maximum Gasteiger partial charge on any atom is 0.191 e. The molecular formula is C20H35IN4O2. The molecule has 2 N–H and O–H groups in total. The van der Waals surface area contributed by atoms with Crippen LogP contribution in [0.25, 0.3) is 0 Å². The largest absolute Gasteiger partial charge is 0.465 e. The van der Waals surface area contributed by atoms with Crippen LogP contribution in [0.2, 0.25) is 0 Å². The second-order valence-corrected chi connectivity index (χ2v) is 7.67. The number of ether oxygens (including phenoxy) is 1. The molecule has 1 aromatic rings. The minimum absolute atomic E-state index is 0. The minimum atomic E-state index is 0. The molecule has 1 aliphatic carbocycles. The highest BCUT2D eigenvalue weighted by atomic mass is 127. The lowest BCUT2D eigenvalue weighted by Gasteiger charge is -2.34. The van der Waals surface area contributed by atoms with Crippen LogP contribution in [0.1, 0.15) is 50.2 Å². The molecule has 0 radical (unpaired) electrons. The molecule has 0 amide bonds. The second kappa shape index (κ2) is 11.3. The Kier molecular flexibility index (Phi) is 9.38. The molecule has 0 aromatic carbocycles. The van der Waals surface area contributed by atoms with Crippen molar-refractivity contribution in [3.05, 3.63) is 23.7 Å². The zero-order valence-corrected chi connectivity index (χ0v) is 19.2. The first kappa shape index (κ1) is 22.5. The number of nitrogens with one attached hydrogen (secondary N) is 2. The number of halogens is 1. The van der Waals surface area contributed by atoms with Gasteiger partial charge in [0.1, 0.15) is 11.5 Å². The predicted molar refractivity (Wildman–Crippen MR) is 120 cm³/mol. The Morgan fingerprint density at radius 2 is 1.93 bits per heavy atom. The second-order valence-electron chi connectivity index (χ2n) is 7.67. The standard InChI is InChI=1S/C20H34N4O2.HI/c1-15-4-7-17(8-5-15)23-20(21-3)22-14-18(19-9-6-16(2)26-19)24-10-12-25-13-11-24;/h6,9,15,17-18H,4-5,7-8,10-14H2,1-3H3,(H2,21,22,23);1H. The van der Waals surface area contributed by atoms with Crippen LogP contribution in [-0.4, -0.2) is 56.8 Å². The SMILES string of the molecule is CN=C(NCC(c1ccc(C)o1)N1CCOCC1)NC1CCC(C)CC1.I. The third-order valence-electron chi connectivity index (χ3n) is 5.62. The molecule has 2 aliphatic rings. The molecule has 2 fully saturated rings. The van der Waals surface area contributed by atoms with Gasteiger partial charge >= 0.3 is 0 Å². The van der Waals surface area contributed by atoms with Crippen molar-refractivity contribution in [2.24, 2.45) is 10.9 Å². The van der Waals surface area contributed by atoms with Gasteiger partial charge in [-0.2, -0.15) is 0 Å². The molecule has 1 atom stereocenters. The van der Waals surface area contributed by atoms with Crippen molar-refractivity contribution in [1.29, 1.82) is 0 Å². The molecule has 154 valence electrons. The van der Waals surface area contributed by atoms with Crippen molar-refractivity contribution in [2.75, 3.05) is 39.9 Å². The summed E-state index contributed by atoms with van der Waals surface area (Å²) in [5.74, 6) is 3.72. The Bertz CT molecular complexity index is 578. The Labute approximate surface area is 180 Å². The maximum atomic E-state index is 5.94. The van der Waals surface area contributed by atoms with Crippen LogP contribution in [0.5, 0.6) is 0 Å². The summed E-state index contributed by atoms with van der Waals surface area (Å²) in [6, 6.07) is 4.86. The first-order valence-corrected chi connectivity index (χ1v) is 10.0. The molecule has 1 aromatic heterocycles. The lowest BCUT2D eigenvalue weighted by Crippen LogP contribution is -2.48. The average Bonchev–Trinajstić information content (AvgIpc) is 3.09. The van der Waals surface area contributed by atoms with E-state index in [-0.39, 0.29) is 30.0 Å². The topological polar surface area (TPSA) is 62.0 Å². The van der Waals surface area contributed by atoms with Gasteiger partial charge in [-0.15, -0.1) is 24.0 Å². The van der Waals surface area contributed by atoms with Gasteiger partial charge in [-0.1, -0.05) is 6.92 Å². The molecule has 0 spiro atoms. The summed E-state index contributed by atoms with van der Waals surface area (Å²) in [5.41, 5.74) is 0. The van der Waals surface area contributed by atoms with Crippen LogP contribution in [0.15, 0.2) is 21.5 Å². The number of rotatable bonds is 5. The van der Waals surface area contributed by atoms with Gasteiger partial charge in [0.25, 0.3) is 0 Å². The molecule has 0 bridgehead atoms. The number of nitrogens with zero attached hydrogens (tertiary/aromatic N) is 2. The van der Waals surface area contributed by atoms with Crippen LogP contribution < -0.4 is 10.6 Å². The van der Waals surface area contributed by atoms with E-state index in [4.69, 9.17) is 9.15 Å². The van der Waals surface area contributed by atoms with Gasteiger partial charge in [0.15, 0.2) is 5.96 Å². The van der Waals surface area contributed by atoms with E-state index in [2.05, 4.69) is 33.5 Å². The van der Waals surface area contributed by atoms with E-state index >= 15 is 0 Å². The quantitative estimate of drug-likeness (QED) is 0.377. The van der Waals surface area contributed by atoms with Crippen molar-refractivity contribution in [3.63, 3.8) is 0 Å². The van der Waals surface area contributed by atoms with E-state index in [1.165, 1.54) is 25.7 Å². The van der Waals surface area contributed by atoms with Crippen LogP contribution in [0.3, 0.4) is 0 Å². The van der Waals surface area contributed by atoms with Crippen molar-refractivity contribution >= 4 is 29.9 Å². The van der Waals surface area contributed by atoms with Crippen molar-refractivity contribution in [1.82, 2.24) is 15.5 Å². The summed E-state index contributed by atoms with van der Waals surface area (Å²) in [4.78, 5) is 6.87. The number of furan rings is 1. The van der Waals surface area contributed by atoms with E-state index in [0.717, 1.165) is 56.2 Å². The number of guanidine groups is 1. The fraction of sp³-hybridized carbons (Fsp3) is 0.750.